The second-order valence-electron chi connectivity index (χ2n) is 6.55. The Kier molecular flexibility index (Phi) is 5.27. The van der Waals surface area contributed by atoms with Gasteiger partial charge >= 0.3 is 6.03 Å². The minimum atomic E-state index is -0.802. The molecule has 2 aromatic carbocycles. The lowest BCUT2D eigenvalue weighted by atomic mass is 10.0. The van der Waals surface area contributed by atoms with Crippen molar-refractivity contribution < 1.29 is 15.1 Å². The van der Waals surface area contributed by atoms with Gasteiger partial charge in [0, 0.05) is 12.6 Å². The summed E-state index contributed by atoms with van der Waals surface area (Å²) in [4.78, 5) is 11.9. The number of thioether (sulfide) groups is 1. The van der Waals surface area contributed by atoms with Crippen molar-refractivity contribution in [1.82, 2.24) is 15.4 Å². The van der Waals surface area contributed by atoms with E-state index in [2.05, 4.69) is 10.4 Å². The molecule has 3 rings (SSSR count). The minimum Gasteiger partial charge on any atom is -0.507 e. The number of carbonyl (C=O) groups excluding carboxylic acids is 1. The highest BCUT2D eigenvalue weighted by Gasteiger charge is 2.49. The first-order chi connectivity index (χ1) is 12.8. The number of hydrogen-bond acceptors (Lipinski definition) is 6. The molecule has 9 heteroatoms. The summed E-state index contributed by atoms with van der Waals surface area (Å²) in [6.45, 7) is 3.73. The minimum absolute atomic E-state index is 0.0817. The van der Waals surface area contributed by atoms with Gasteiger partial charge in [-0.3, -0.25) is 5.21 Å². The number of aromatic hydroxyl groups is 1. The quantitative estimate of drug-likeness (QED) is 0.315. The number of benzene rings is 2. The third-order valence-corrected chi connectivity index (χ3v) is 5.84. The van der Waals surface area contributed by atoms with E-state index in [-0.39, 0.29) is 5.75 Å². The number of thiocarbonyl (C=S) groups is 1. The first-order valence-corrected chi connectivity index (χ1v) is 9.45. The summed E-state index contributed by atoms with van der Waals surface area (Å²) >= 11 is 6.73. The molecule has 27 heavy (non-hydrogen) atoms. The predicted molar refractivity (Wildman–Crippen MR) is 111 cm³/mol. The summed E-state index contributed by atoms with van der Waals surface area (Å²) in [7, 11) is 1.43. The van der Waals surface area contributed by atoms with Gasteiger partial charge in [0.25, 0.3) is 0 Å². The Morgan fingerprint density at radius 1 is 1.37 bits per heavy atom. The first kappa shape index (κ1) is 19.4. The van der Waals surface area contributed by atoms with Crippen LogP contribution in [0.2, 0.25) is 0 Å². The number of nitrogens with one attached hydrogen (secondary N) is 1. The normalized spacial score (nSPS) is 19.0. The van der Waals surface area contributed by atoms with Crippen molar-refractivity contribution >= 4 is 51.3 Å². The molecule has 1 saturated heterocycles. The van der Waals surface area contributed by atoms with Crippen molar-refractivity contribution in [3.63, 3.8) is 0 Å². The van der Waals surface area contributed by atoms with Crippen molar-refractivity contribution in [1.29, 1.82) is 0 Å². The van der Waals surface area contributed by atoms with Crippen LogP contribution in [0.1, 0.15) is 19.4 Å². The lowest BCUT2D eigenvalue weighted by Gasteiger charge is -2.33. The van der Waals surface area contributed by atoms with Gasteiger partial charge in [0.1, 0.15) is 5.75 Å². The highest BCUT2D eigenvalue weighted by molar-refractivity contribution is 8.24. The van der Waals surface area contributed by atoms with Crippen molar-refractivity contribution in [2.45, 2.75) is 24.8 Å². The van der Waals surface area contributed by atoms with E-state index in [1.807, 2.05) is 44.2 Å². The number of phenols is 1. The summed E-state index contributed by atoms with van der Waals surface area (Å²) in [5.74, 6) is 0.0817. The molecule has 3 N–H and O–H groups in total. The lowest BCUT2D eigenvalue weighted by molar-refractivity contribution is -0.117. The van der Waals surface area contributed by atoms with Crippen molar-refractivity contribution in [2.75, 3.05) is 7.05 Å². The van der Waals surface area contributed by atoms with Gasteiger partial charge in [-0.2, -0.15) is 10.2 Å². The molecule has 0 unspecified atom stereocenters. The van der Waals surface area contributed by atoms with Crippen molar-refractivity contribution in [3.8, 4) is 5.75 Å². The van der Waals surface area contributed by atoms with Crippen LogP contribution in [0.25, 0.3) is 10.8 Å². The molecule has 0 bridgehead atoms. The van der Waals surface area contributed by atoms with E-state index in [4.69, 9.17) is 12.2 Å². The Hall–Kier alpha value is -2.36. The smallest absolute Gasteiger partial charge is 0.343 e. The molecular formula is C18H20N4O3S2. The first-order valence-electron chi connectivity index (χ1n) is 8.23. The monoisotopic (exact) mass is 404 g/mol. The molecule has 7 nitrogen and oxygen atoms in total. The maximum Gasteiger partial charge on any atom is 0.343 e. The summed E-state index contributed by atoms with van der Waals surface area (Å²) in [5, 5.41) is 31.2. The van der Waals surface area contributed by atoms with Crippen molar-refractivity contribution in [3.05, 3.63) is 42.0 Å². The van der Waals surface area contributed by atoms with Crippen LogP contribution < -0.4 is 5.32 Å². The van der Waals surface area contributed by atoms with Gasteiger partial charge in [-0.05, 0) is 30.7 Å². The molecule has 2 aromatic rings. The number of carbonyl (C=O) groups is 1. The molecule has 0 aliphatic carbocycles. The third kappa shape index (κ3) is 3.58. The largest absolute Gasteiger partial charge is 0.507 e. The average Bonchev–Trinajstić information content (AvgIpc) is 2.87. The Bertz CT molecular complexity index is 932. The zero-order valence-corrected chi connectivity index (χ0v) is 16.7. The SMILES string of the molecule is CNC(=O)N(O)[C@@H]1N(/N=C/c2c(O)ccc3ccccc23)C(=S)SC1(C)C. The summed E-state index contributed by atoms with van der Waals surface area (Å²) in [6, 6.07) is 10.4. The highest BCUT2D eigenvalue weighted by Crippen LogP contribution is 2.42. The molecular weight excluding hydrogens is 384 g/mol. The maximum atomic E-state index is 11.9. The molecule has 1 aliphatic heterocycles. The van der Waals surface area contributed by atoms with Gasteiger partial charge in [0.05, 0.1) is 11.0 Å². The third-order valence-electron chi connectivity index (χ3n) is 4.30. The fourth-order valence-corrected chi connectivity index (χ4v) is 4.78. The molecule has 1 atom stereocenters. The van der Waals surface area contributed by atoms with E-state index >= 15 is 0 Å². The number of rotatable bonds is 3. The number of hydroxylamine groups is 2. The van der Waals surface area contributed by atoms with Crippen LogP contribution in [0.4, 0.5) is 4.79 Å². The van der Waals surface area contributed by atoms with Gasteiger partial charge in [-0.25, -0.2) is 9.80 Å². The van der Waals surface area contributed by atoms with E-state index in [0.29, 0.717) is 14.9 Å². The fourth-order valence-electron chi connectivity index (χ4n) is 2.99. The van der Waals surface area contributed by atoms with Gasteiger partial charge < -0.3 is 10.4 Å². The predicted octanol–water partition coefficient (Wildman–Crippen LogP) is 3.35. The average molecular weight is 405 g/mol. The molecule has 1 heterocycles. The lowest BCUT2D eigenvalue weighted by Crippen LogP contribution is -2.55. The van der Waals surface area contributed by atoms with E-state index < -0.39 is 16.9 Å². The zero-order chi connectivity index (χ0) is 19.8. The van der Waals surface area contributed by atoms with Crippen LogP contribution in [0.3, 0.4) is 0 Å². The highest BCUT2D eigenvalue weighted by atomic mass is 32.2. The summed E-state index contributed by atoms with van der Waals surface area (Å²) in [5.41, 5.74) is 0.536. The number of phenolic OH excluding ortho intramolecular Hbond substituents is 1. The number of hydrogen-bond donors (Lipinski definition) is 3. The van der Waals surface area contributed by atoms with Gasteiger partial charge in [0.15, 0.2) is 10.5 Å². The molecule has 1 aliphatic rings. The number of urea groups is 1. The van der Waals surface area contributed by atoms with Crippen LogP contribution in [0, 0.1) is 0 Å². The van der Waals surface area contributed by atoms with Gasteiger partial charge in [0.2, 0.25) is 0 Å². The molecule has 1 fully saturated rings. The second kappa shape index (κ2) is 7.34. The zero-order valence-electron chi connectivity index (χ0n) is 15.1. The number of hydrazone groups is 1. The second-order valence-corrected chi connectivity index (χ2v) is 8.84. The molecule has 142 valence electrons. The van der Waals surface area contributed by atoms with E-state index in [9.17, 15) is 15.1 Å². The Labute approximate surface area is 166 Å². The van der Waals surface area contributed by atoms with Crippen LogP contribution >= 0.6 is 24.0 Å². The maximum absolute atomic E-state index is 11.9. The molecule has 2 amide bonds. The van der Waals surface area contributed by atoms with E-state index in [1.54, 1.807) is 6.07 Å². The van der Waals surface area contributed by atoms with Crippen LogP contribution in [0.5, 0.6) is 5.75 Å². The van der Waals surface area contributed by atoms with E-state index in [1.165, 1.54) is 30.0 Å². The van der Waals surface area contributed by atoms with Gasteiger partial charge in [-0.1, -0.05) is 54.3 Å². The topological polar surface area (TPSA) is 88.4 Å². The standard InChI is InChI=1S/C18H20N4O3S2/c1-18(2)15(22(25)16(24)19-3)21(17(26)27-18)20-10-13-12-7-5-4-6-11(12)8-9-14(13)23/h4-10,15,23,25H,1-3H3,(H,19,24)/b20-10+/t15-/m0/s1. The number of fused-ring (bicyclic) bond motifs is 1. The summed E-state index contributed by atoms with van der Waals surface area (Å²) < 4.78 is -0.167. The number of nitrogens with zero attached hydrogens (tertiary/aromatic N) is 3. The van der Waals surface area contributed by atoms with Crippen LogP contribution in [-0.2, 0) is 0 Å². The van der Waals surface area contributed by atoms with Gasteiger partial charge in [-0.15, -0.1) is 0 Å². The van der Waals surface area contributed by atoms with Crippen LogP contribution in [0.15, 0.2) is 41.5 Å². The Morgan fingerprint density at radius 3 is 2.78 bits per heavy atom. The number of amides is 2. The fraction of sp³-hybridized carbons (Fsp3) is 0.278. The van der Waals surface area contributed by atoms with Crippen molar-refractivity contribution in [2.24, 2.45) is 5.10 Å². The summed E-state index contributed by atoms with van der Waals surface area (Å²) in [6.07, 6.45) is 0.694. The molecule has 0 spiro atoms. The molecule has 0 radical (unpaired) electrons. The Balaban J connectivity index is 2.01. The molecule has 0 saturated carbocycles. The van der Waals surface area contributed by atoms with E-state index in [0.717, 1.165) is 10.8 Å². The Morgan fingerprint density at radius 2 is 2.07 bits per heavy atom. The molecule has 0 aromatic heterocycles. The van der Waals surface area contributed by atoms with Crippen LogP contribution in [-0.4, -0.2) is 54.9 Å².